The molecule has 1 heterocycles. The van der Waals surface area contributed by atoms with Crippen LogP contribution in [-0.2, 0) is 11.0 Å². The van der Waals surface area contributed by atoms with Crippen LogP contribution in [-0.4, -0.2) is 21.9 Å². The van der Waals surface area contributed by atoms with Crippen molar-refractivity contribution < 1.29 is 18.0 Å². The Balaban J connectivity index is 2.58. The summed E-state index contributed by atoms with van der Waals surface area (Å²) in [6, 6.07) is 4.05. The van der Waals surface area contributed by atoms with Crippen molar-refractivity contribution in [2.45, 2.75) is 20.0 Å². The molecule has 0 spiro atoms. The summed E-state index contributed by atoms with van der Waals surface area (Å²) in [5.41, 5.74) is -3.74. The first kappa shape index (κ1) is 23.5. The maximum Gasteiger partial charge on any atom is 0.431 e. The highest BCUT2D eigenvalue weighted by Crippen LogP contribution is 2.28. The first-order chi connectivity index (χ1) is 14.0. The lowest BCUT2D eigenvalue weighted by molar-refractivity contribution is -0.142. The highest BCUT2D eigenvalue weighted by molar-refractivity contribution is 6.45. The van der Waals surface area contributed by atoms with Gasteiger partial charge in [0.25, 0.3) is 5.56 Å². The van der Waals surface area contributed by atoms with Gasteiger partial charge >= 0.3 is 11.9 Å². The van der Waals surface area contributed by atoms with E-state index in [1.165, 1.54) is 30.4 Å². The van der Waals surface area contributed by atoms with E-state index in [4.69, 9.17) is 28.0 Å². The Labute approximate surface area is 178 Å². The first-order valence-corrected chi connectivity index (χ1v) is 9.11. The van der Waals surface area contributed by atoms with Crippen LogP contribution in [0.5, 0.6) is 0 Å². The van der Waals surface area contributed by atoms with Crippen LogP contribution >= 0.6 is 23.2 Å². The van der Waals surface area contributed by atoms with Crippen molar-refractivity contribution >= 4 is 35.0 Å². The van der Waals surface area contributed by atoms with Crippen LogP contribution in [0, 0.1) is 6.92 Å². The Kier molecular flexibility index (Phi) is 7.33. The highest BCUT2D eigenvalue weighted by atomic mass is 35.5. The van der Waals surface area contributed by atoms with E-state index in [9.17, 15) is 22.8 Å². The molecule has 160 valence electrons. The predicted octanol–water partition coefficient (Wildman–Crippen LogP) is 4.66. The number of aromatic amines is 1. The standard InChI is InChI=1S/C19H16Cl2F3N3O3/c1-4-7-30-26-11(3)15(21)9-12-8-13(5-6-14(12)20)27-17(28)10(2)16(19(22,23)24)25-18(27)29/h4-6,8-9H,1,7H2,2-3H3,(H,25,29). The molecule has 2 rings (SSSR count). The average molecular weight is 462 g/mol. The Morgan fingerprint density at radius 2 is 2.03 bits per heavy atom. The third kappa shape index (κ3) is 5.22. The second-order valence-electron chi connectivity index (χ2n) is 6.03. The van der Waals surface area contributed by atoms with Gasteiger partial charge in [0.15, 0.2) is 0 Å². The predicted molar refractivity (Wildman–Crippen MR) is 110 cm³/mol. The zero-order chi connectivity index (χ0) is 22.6. The van der Waals surface area contributed by atoms with Crippen molar-refractivity contribution in [3.8, 4) is 5.69 Å². The van der Waals surface area contributed by atoms with E-state index in [2.05, 4.69) is 11.7 Å². The molecule has 11 heteroatoms. The number of halogens is 5. The lowest BCUT2D eigenvalue weighted by Gasteiger charge is -2.13. The van der Waals surface area contributed by atoms with Crippen LogP contribution in [0.1, 0.15) is 23.7 Å². The van der Waals surface area contributed by atoms with Gasteiger partial charge in [0.2, 0.25) is 0 Å². The molecule has 1 aromatic carbocycles. The minimum absolute atomic E-state index is 0.00990. The van der Waals surface area contributed by atoms with E-state index in [0.29, 0.717) is 15.8 Å². The molecule has 0 aliphatic rings. The quantitative estimate of drug-likeness (QED) is 0.294. The SMILES string of the molecule is C=CCON=C(C)C(Cl)=Cc1cc(-n2c(=O)[nH]c(C(F)(F)F)c(C)c2=O)ccc1Cl. The van der Waals surface area contributed by atoms with Gasteiger partial charge in [-0.1, -0.05) is 41.0 Å². The van der Waals surface area contributed by atoms with E-state index >= 15 is 0 Å². The van der Waals surface area contributed by atoms with Crippen molar-refractivity contribution in [3.05, 3.63) is 78.6 Å². The molecular weight excluding hydrogens is 446 g/mol. The lowest BCUT2D eigenvalue weighted by Crippen LogP contribution is -2.38. The van der Waals surface area contributed by atoms with Gasteiger partial charge in [-0.25, -0.2) is 9.36 Å². The summed E-state index contributed by atoms with van der Waals surface area (Å²) >= 11 is 12.3. The number of nitrogens with one attached hydrogen (secondary N) is 1. The number of alkyl halides is 3. The molecule has 0 aliphatic heterocycles. The van der Waals surface area contributed by atoms with Crippen molar-refractivity contribution in [3.63, 3.8) is 0 Å². The smallest absolute Gasteiger partial charge is 0.391 e. The van der Waals surface area contributed by atoms with Crippen LogP contribution < -0.4 is 11.2 Å². The minimum atomic E-state index is -4.87. The largest absolute Gasteiger partial charge is 0.431 e. The van der Waals surface area contributed by atoms with Gasteiger partial charge in [-0.05, 0) is 43.7 Å². The molecule has 0 saturated heterocycles. The molecule has 6 nitrogen and oxygen atoms in total. The Bertz CT molecular complexity index is 1150. The molecule has 0 unspecified atom stereocenters. The van der Waals surface area contributed by atoms with E-state index < -0.39 is 28.7 Å². The number of hydrogen-bond acceptors (Lipinski definition) is 4. The highest BCUT2D eigenvalue weighted by Gasteiger charge is 2.35. The van der Waals surface area contributed by atoms with Gasteiger partial charge in [-0.2, -0.15) is 13.2 Å². The van der Waals surface area contributed by atoms with E-state index in [-0.39, 0.29) is 22.3 Å². The summed E-state index contributed by atoms with van der Waals surface area (Å²) in [6.07, 6.45) is -1.96. The van der Waals surface area contributed by atoms with Gasteiger partial charge in [0, 0.05) is 10.6 Å². The molecule has 1 aromatic heterocycles. The third-order valence-corrected chi connectivity index (χ3v) is 4.60. The van der Waals surface area contributed by atoms with Crippen molar-refractivity contribution in [2.24, 2.45) is 5.16 Å². The molecule has 2 aromatic rings. The number of aromatic nitrogens is 2. The summed E-state index contributed by atoms with van der Waals surface area (Å²) in [4.78, 5) is 31.3. The maximum absolute atomic E-state index is 13.0. The van der Waals surface area contributed by atoms with Crippen LogP contribution in [0.4, 0.5) is 13.2 Å². The van der Waals surface area contributed by atoms with Crippen molar-refractivity contribution in [1.29, 1.82) is 0 Å². The number of hydrogen-bond donors (Lipinski definition) is 1. The fraction of sp³-hybridized carbons (Fsp3) is 0.211. The number of rotatable bonds is 6. The number of nitrogens with zero attached hydrogens (tertiary/aromatic N) is 2. The van der Waals surface area contributed by atoms with Crippen molar-refractivity contribution in [2.75, 3.05) is 6.61 Å². The van der Waals surface area contributed by atoms with Crippen LogP contribution in [0.2, 0.25) is 5.02 Å². The number of allylic oxidation sites excluding steroid dienone is 1. The number of H-pyrrole nitrogens is 1. The molecule has 30 heavy (non-hydrogen) atoms. The Morgan fingerprint density at radius 3 is 2.63 bits per heavy atom. The summed E-state index contributed by atoms with van der Waals surface area (Å²) in [7, 11) is 0. The van der Waals surface area contributed by atoms with E-state index in [1.807, 2.05) is 0 Å². The zero-order valence-corrected chi connectivity index (χ0v) is 17.3. The van der Waals surface area contributed by atoms with Gasteiger partial charge < -0.3 is 9.82 Å². The number of benzene rings is 1. The molecule has 0 fully saturated rings. The van der Waals surface area contributed by atoms with Gasteiger partial charge in [-0.15, -0.1) is 0 Å². The molecule has 0 bridgehead atoms. The maximum atomic E-state index is 13.0. The van der Waals surface area contributed by atoms with Gasteiger partial charge in [0.1, 0.15) is 12.3 Å². The number of oxime groups is 1. The van der Waals surface area contributed by atoms with Crippen molar-refractivity contribution in [1.82, 2.24) is 9.55 Å². The summed E-state index contributed by atoms with van der Waals surface area (Å²) < 4.78 is 39.6. The second kappa shape index (κ2) is 9.36. The zero-order valence-electron chi connectivity index (χ0n) is 15.8. The lowest BCUT2D eigenvalue weighted by atomic mass is 10.1. The van der Waals surface area contributed by atoms with Crippen LogP contribution in [0.3, 0.4) is 0 Å². The molecule has 1 N–H and O–H groups in total. The van der Waals surface area contributed by atoms with Gasteiger partial charge in [0.05, 0.1) is 16.4 Å². The molecule has 0 amide bonds. The normalized spacial score (nSPS) is 12.8. The monoisotopic (exact) mass is 461 g/mol. The summed E-state index contributed by atoms with van der Waals surface area (Å²) in [5.74, 6) is 0. The van der Waals surface area contributed by atoms with E-state index in [0.717, 1.165) is 6.92 Å². The fourth-order valence-corrected chi connectivity index (χ4v) is 2.72. The second-order valence-corrected chi connectivity index (χ2v) is 6.84. The summed E-state index contributed by atoms with van der Waals surface area (Å²) in [5, 5.41) is 4.16. The third-order valence-electron chi connectivity index (χ3n) is 3.88. The molecule has 0 radical (unpaired) electrons. The minimum Gasteiger partial charge on any atom is -0.391 e. The Morgan fingerprint density at radius 1 is 1.37 bits per heavy atom. The van der Waals surface area contributed by atoms with Crippen LogP contribution in [0.25, 0.3) is 11.8 Å². The van der Waals surface area contributed by atoms with Gasteiger partial charge in [-0.3, -0.25) is 4.79 Å². The van der Waals surface area contributed by atoms with Crippen LogP contribution in [0.15, 0.2) is 50.6 Å². The Hall–Kier alpha value is -2.78. The first-order valence-electron chi connectivity index (χ1n) is 8.35. The molecule has 0 saturated carbocycles. The molecular formula is C19H16Cl2F3N3O3. The van der Waals surface area contributed by atoms with E-state index in [1.54, 1.807) is 11.9 Å². The topological polar surface area (TPSA) is 76.5 Å². The summed E-state index contributed by atoms with van der Waals surface area (Å²) in [6.45, 7) is 6.22. The molecule has 0 aliphatic carbocycles. The average Bonchev–Trinajstić information content (AvgIpc) is 2.66. The molecule has 0 atom stereocenters. The fourth-order valence-electron chi connectivity index (χ4n) is 2.39.